The van der Waals surface area contributed by atoms with Crippen LogP contribution in [0, 0.1) is 5.92 Å². The summed E-state index contributed by atoms with van der Waals surface area (Å²) in [5.41, 5.74) is 6.88. The van der Waals surface area contributed by atoms with E-state index in [1.807, 2.05) is 18.2 Å². The molecule has 2 heteroatoms. The zero-order valence-electron chi connectivity index (χ0n) is 18.1. The molecule has 0 aliphatic heterocycles. The third-order valence-corrected chi connectivity index (χ3v) is 5.51. The topological polar surface area (TPSA) is 43.1 Å². The van der Waals surface area contributed by atoms with Crippen molar-refractivity contribution in [3.8, 4) is 0 Å². The number of benzene rings is 1. The normalized spacial score (nSPS) is 13.9. The fourth-order valence-electron chi connectivity index (χ4n) is 3.63. The Morgan fingerprint density at radius 1 is 0.893 bits per heavy atom. The van der Waals surface area contributed by atoms with Crippen LogP contribution in [0.3, 0.4) is 0 Å². The van der Waals surface area contributed by atoms with Gasteiger partial charge in [-0.3, -0.25) is 4.79 Å². The van der Waals surface area contributed by atoms with Gasteiger partial charge < -0.3 is 5.73 Å². The lowest BCUT2D eigenvalue weighted by molar-refractivity contribution is -0.122. The Kier molecular flexibility index (Phi) is 14.0. The highest BCUT2D eigenvalue weighted by molar-refractivity contribution is 5.77. The molecule has 1 aromatic carbocycles. The van der Waals surface area contributed by atoms with E-state index in [0.717, 1.165) is 25.7 Å². The largest absolute Gasteiger partial charge is 0.369 e. The molecule has 2 N–H and O–H groups in total. The number of primary amides is 1. The average molecular weight is 384 g/mol. The molecule has 0 aliphatic rings. The summed E-state index contributed by atoms with van der Waals surface area (Å²) in [5.74, 6) is -0.0369. The second-order valence-electron chi connectivity index (χ2n) is 7.87. The Labute approximate surface area is 173 Å². The van der Waals surface area contributed by atoms with E-state index in [4.69, 9.17) is 5.73 Å². The highest BCUT2D eigenvalue weighted by atomic mass is 16.1. The summed E-state index contributed by atoms with van der Waals surface area (Å²) in [6, 6.07) is 10.2. The van der Waals surface area contributed by atoms with Crippen LogP contribution in [0.1, 0.15) is 96.0 Å². The first kappa shape index (κ1) is 24.2. The third kappa shape index (κ3) is 11.1. The average Bonchev–Trinajstić information content (AvgIpc) is 2.71. The van der Waals surface area contributed by atoms with E-state index in [0.29, 0.717) is 0 Å². The van der Waals surface area contributed by atoms with E-state index in [9.17, 15) is 4.79 Å². The summed E-state index contributed by atoms with van der Waals surface area (Å²) in [7, 11) is 0. The molecule has 0 aliphatic carbocycles. The van der Waals surface area contributed by atoms with Crippen molar-refractivity contribution in [1.29, 1.82) is 0 Å². The Bertz CT molecular complexity index is 561. The zero-order valence-corrected chi connectivity index (χ0v) is 18.1. The maximum Gasteiger partial charge on any atom is 0.221 e. The van der Waals surface area contributed by atoms with Crippen LogP contribution in [0.5, 0.6) is 0 Å². The molecular weight excluding hydrogens is 342 g/mol. The Balaban J connectivity index is 2.12. The second-order valence-corrected chi connectivity index (χ2v) is 7.87. The Hall–Kier alpha value is -1.83. The molecule has 0 fully saturated rings. The first-order valence-electron chi connectivity index (χ1n) is 11.3. The minimum Gasteiger partial charge on any atom is -0.369 e. The summed E-state index contributed by atoms with van der Waals surface area (Å²) >= 11 is 0. The van der Waals surface area contributed by atoms with Gasteiger partial charge in [-0.05, 0) is 50.0 Å². The number of hydrogen-bond acceptors (Lipinski definition) is 1. The fourth-order valence-corrected chi connectivity index (χ4v) is 3.63. The van der Waals surface area contributed by atoms with Crippen molar-refractivity contribution in [3.63, 3.8) is 0 Å². The highest BCUT2D eigenvalue weighted by Gasteiger charge is 2.23. The molecule has 0 aromatic heterocycles. The third-order valence-electron chi connectivity index (χ3n) is 5.51. The van der Waals surface area contributed by atoms with E-state index in [2.05, 4.69) is 50.3 Å². The lowest BCUT2D eigenvalue weighted by atomic mass is 9.83. The fraction of sp³-hybridized carbons (Fsp3) is 0.577. The van der Waals surface area contributed by atoms with E-state index in [-0.39, 0.29) is 17.7 Å². The number of amides is 1. The highest BCUT2D eigenvalue weighted by Crippen LogP contribution is 2.28. The van der Waals surface area contributed by atoms with Crippen molar-refractivity contribution >= 4 is 5.91 Å². The van der Waals surface area contributed by atoms with Crippen LogP contribution in [-0.2, 0) is 4.79 Å². The first-order valence-corrected chi connectivity index (χ1v) is 11.3. The molecule has 1 rings (SSSR count). The molecule has 0 saturated carbocycles. The molecule has 0 spiro atoms. The summed E-state index contributed by atoms with van der Waals surface area (Å²) in [4.78, 5) is 11.9. The molecule has 2 nitrogen and oxygen atoms in total. The molecule has 1 aromatic rings. The molecule has 0 heterocycles. The predicted molar refractivity (Wildman–Crippen MR) is 122 cm³/mol. The van der Waals surface area contributed by atoms with E-state index in [1.54, 1.807) is 0 Å². The summed E-state index contributed by atoms with van der Waals surface area (Å²) < 4.78 is 0. The maximum atomic E-state index is 11.9. The monoisotopic (exact) mass is 383 g/mol. The van der Waals surface area contributed by atoms with Gasteiger partial charge in [0, 0.05) is 5.92 Å². The summed E-state index contributed by atoms with van der Waals surface area (Å²) in [6.45, 7) is 4.36. The molecule has 0 bridgehead atoms. The van der Waals surface area contributed by atoms with Crippen LogP contribution in [-0.4, -0.2) is 5.91 Å². The maximum absolute atomic E-state index is 11.9. The number of rotatable bonds is 16. The molecule has 1 amide bonds. The Morgan fingerprint density at radius 2 is 1.50 bits per heavy atom. The molecular formula is C26H41NO. The van der Waals surface area contributed by atoms with Crippen LogP contribution in [0.15, 0.2) is 54.6 Å². The molecule has 28 heavy (non-hydrogen) atoms. The van der Waals surface area contributed by atoms with Crippen molar-refractivity contribution in [1.82, 2.24) is 0 Å². The van der Waals surface area contributed by atoms with Crippen LogP contribution in [0.2, 0.25) is 0 Å². The number of carbonyl (C=O) groups excluding carboxylic acids is 1. The smallest absolute Gasteiger partial charge is 0.221 e. The Morgan fingerprint density at radius 3 is 2.11 bits per heavy atom. The molecule has 2 unspecified atom stereocenters. The molecule has 0 radical (unpaired) electrons. The van der Waals surface area contributed by atoms with Gasteiger partial charge in [0.1, 0.15) is 0 Å². The number of carbonyl (C=O) groups is 1. The lowest BCUT2D eigenvalue weighted by Crippen LogP contribution is -2.27. The van der Waals surface area contributed by atoms with Crippen molar-refractivity contribution in [2.45, 2.75) is 90.4 Å². The lowest BCUT2D eigenvalue weighted by Gasteiger charge is -2.21. The van der Waals surface area contributed by atoms with Gasteiger partial charge in [-0.1, -0.05) is 101 Å². The molecule has 156 valence electrons. The minimum absolute atomic E-state index is 0.0635. The van der Waals surface area contributed by atoms with Gasteiger partial charge in [0.05, 0.1) is 0 Å². The quantitative estimate of drug-likeness (QED) is 0.236. The van der Waals surface area contributed by atoms with Gasteiger partial charge in [-0.25, -0.2) is 0 Å². The van der Waals surface area contributed by atoms with Gasteiger partial charge in [0.2, 0.25) is 5.91 Å². The van der Waals surface area contributed by atoms with Crippen LogP contribution in [0.4, 0.5) is 0 Å². The van der Waals surface area contributed by atoms with Crippen LogP contribution < -0.4 is 5.73 Å². The number of unbranched alkanes of at least 4 members (excludes halogenated alkanes) is 7. The van der Waals surface area contributed by atoms with Crippen molar-refractivity contribution in [2.75, 3.05) is 0 Å². The summed E-state index contributed by atoms with van der Waals surface area (Å²) in [6.07, 6.45) is 22.2. The number of nitrogens with two attached hydrogens (primary N) is 1. The summed E-state index contributed by atoms with van der Waals surface area (Å²) in [5, 5.41) is 0. The van der Waals surface area contributed by atoms with Gasteiger partial charge in [0.15, 0.2) is 0 Å². The van der Waals surface area contributed by atoms with Gasteiger partial charge in [-0.15, -0.1) is 0 Å². The SMILES string of the molecule is CCCCC/C=C\C/C=C\CCCCCCC(C(N)=O)C(C)c1ccccc1. The standard InChI is InChI=1S/C26H41NO/c1-3-4-5-6-7-8-9-10-11-12-13-14-15-19-22-25(26(27)28)23(2)24-20-17-16-18-21-24/h7-8,10-11,16-18,20-21,23,25H,3-6,9,12-15,19,22H2,1-2H3,(H2,27,28)/b8-7-,11-10-. The van der Waals surface area contributed by atoms with E-state index >= 15 is 0 Å². The number of hydrogen-bond donors (Lipinski definition) is 1. The van der Waals surface area contributed by atoms with Crippen molar-refractivity contribution in [3.05, 3.63) is 60.2 Å². The van der Waals surface area contributed by atoms with Gasteiger partial charge in [0.25, 0.3) is 0 Å². The zero-order chi connectivity index (χ0) is 20.5. The second kappa shape index (κ2) is 16.2. The number of allylic oxidation sites excluding steroid dienone is 4. The van der Waals surface area contributed by atoms with E-state index in [1.165, 1.54) is 50.5 Å². The predicted octanol–water partition coefficient (Wildman–Crippen LogP) is 7.32. The van der Waals surface area contributed by atoms with Crippen molar-refractivity contribution < 1.29 is 4.79 Å². The van der Waals surface area contributed by atoms with Gasteiger partial charge >= 0.3 is 0 Å². The van der Waals surface area contributed by atoms with Gasteiger partial charge in [-0.2, -0.15) is 0 Å². The minimum atomic E-state index is -0.165. The van der Waals surface area contributed by atoms with Crippen LogP contribution >= 0.6 is 0 Å². The van der Waals surface area contributed by atoms with E-state index < -0.39 is 0 Å². The van der Waals surface area contributed by atoms with Crippen LogP contribution in [0.25, 0.3) is 0 Å². The first-order chi connectivity index (χ1) is 13.7. The molecule has 0 saturated heterocycles. The van der Waals surface area contributed by atoms with Crippen molar-refractivity contribution in [2.24, 2.45) is 11.7 Å². The molecule has 2 atom stereocenters.